The third kappa shape index (κ3) is 7.76. The summed E-state index contributed by atoms with van der Waals surface area (Å²) in [5.41, 5.74) is 4.19. The predicted molar refractivity (Wildman–Crippen MR) is 184 cm³/mol. The number of carbonyl (C=O) groups is 1. The Balaban J connectivity index is 1.26. The summed E-state index contributed by atoms with van der Waals surface area (Å²) in [4.78, 5) is 12.5. The molecule has 10 nitrogen and oxygen atoms in total. The quantitative estimate of drug-likeness (QED) is 0.284. The maximum atomic E-state index is 12.6. The first-order valence-corrected chi connectivity index (χ1v) is 19.1. The molecule has 48 heavy (non-hydrogen) atoms. The fourth-order valence-electron chi connectivity index (χ4n) is 7.54. The number of aromatic nitrogens is 2. The summed E-state index contributed by atoms with van der Waals surface area (Å²) in [6.07, 6.45) is 3.26. The number of benzene rings is 2. The van der Waals surface area contributed by atoms with Crippen LogP contribution in [0.5, 0.6) is 0 Å². The number of fused-ring (bicyclic) bond motifs is 1. The van der Waals surface area contributed by atoms with Gasteiger partial charge in [-0.3, -0.25) is 9.16 Å². The van der Waals surface area contributed by atoms with Crippen LogP contribution in [0.4, 0.5) is 4.79 Å². The van der Waals surface area contributed by atoms with E-state index in [4.69, 9.17) is 28.3 Å². The molecular weight excluding hydrogens is 673 g/mol. The van der Waals surface area contributed by atoms with Crippen molar-refractivity contribution in [2.24, 2.45) is 11.8 Å². The van der Waals surface area contributed by atoms with Crippen molar-refractivity contribution in [2.75, 3.05) is 45.5 Å². The molecule has 0 bridgehead atoms. The molecule has 2 aromatic carbocycles. The minimum Gasteiger partial charge on any atom is -0.498 e. The average Bonchev–Trinajstić information content (AvgIpc) is 3.42. The van der Waals surface area contributed by atoms with Crippen LogP contribution in [-0.2, 0) is 29.5 Å². The van der Waals surface area contributed by atoms with Crippen LogP contribution in [0.25, 0.3) is 11.3 Å². The SMILES string of the molecule is CS(=O)(=O)N1CCc2c(c(-c3ccc(Cl)c(C#Cc4ccc(Cl)cc4)c3)nn2C[C@@H](O)C[N+]2(C(=O)[O-])CCC(C3CCNCC3)CC2)C1. The Morgan fingerprint density at radius 2 is 1.77 bits per heavy atom. The van der Waals surface area contributed by atoms with Gasteiger partial charge >= 0.3 is 0 Å². The maximum Gasteiger partial charge on any atom is 0.257 e. The molecule has 2 fully saturated rings. The summed E-state index contributed by atoms with van der Waals surface area (Å²) in [7, 11) is -3.47. The molecule has 0 aliphatic carbocycles. The van der Waals surface area contributed by atoms with Gasteiger partial charge in [-0.15, -0.1) is 0 Å². The molecule has 0 unspecified atom stereocenters. The molecular formula is C35H41Cl2N5O5S. The second-order valence-corrected chi connectivity index (χ2v) is 16.2. The van der Waals surface area contributed by atoms with Crippen molar-refractivity contribution in [3.63, 3.8) is 0 Å². The van der Waals surface area contributed by atoms with Crippen LogP contribution in [0, 0.1) is 23.7 Å². The predicted octanol–water partition coefficient (Wildman–Crippen LogP) is 3.51. The van der Waals surface area contributed by atoms with Gasteiger partial charge in [0.2, 0.25) is 10.0 Å². The lowest BCUT2D eigenvalue weighted by molar-refractivity contribution is -0.885. The molecule has 0 spiro atoms. The number of halogens is 2. The smallest absolute Gasteiger partial charge is 0.257 e. The second kappa shape index (κ2) is 14.5. The highest BCUT2D eigenvalue weighted by atomic mass is 35.5. The van der Waals surface area contributed by atoms with Crippen molar-refractivity contribution >= 4 is 39.3 Å². The number of carbonyl (C=O) groups excluding carboxylic acids is 1. The van der Waals surface area contributed by atoms with Crippen LogP contribution < -0.4 is 10.4 Å². The molecule has 3 aromatic rings. The summed E-state index contributed by atoms with van der Waals surface area (Å²) < 4.78 is 28.0. The molecule has 0 radical (unpaired) electrons. The largest absolute Gasteiger partial charge is 0.498 e. The Labute approximate surface area is 292 Å². The molecule has 256 valence electrons. The lowest BCUT2D eigenvalue weighted by atomic mass is 9.78. The highest BCUT2D eigenvalue weighted by molar-refractivity contribution is 7.88. The van der Waals surface area contributed by atoms with Gasteiger partial charge in [0.05, 0.1) is 36.6 Å². The first-order chi connectivity index (χ1) is 22.9. The third-order valence-electron chi connectivity index (χ3n) is 10.2. The van der Waals surface area contributed by atoms with Crippen molar-refractivity contribution in [3.05, 3.63) is 74.9 Å². The fraction of sp³-hybridized carbons (Fsp3) is 0.486. The van der Waals surface area contributed by atoms with Crippen LogP contribution in [0.15, 0.2) is 42.5 Å². The number of sulfonamides is 1. The number of amides is 1. The van der Waals surface area contributed by atoms with Crippen molar-refractivity contribution in [1.82, 2.24) is 19.4 Å². The summed E-state index contributed by atoms with van der Waals surface area (Å²) in [5, 5.41) is 33.3. The van der Waals surface area contributed by atoms with Gasteiger partial charge in [-0.2, -0.15) is 9.40 Å². The number of likely N-dealkylation sites (tertiary alicyclic amines) is 1. The molecule has 2 saturated heterocycles. The van der Waals surface area contributed by atoms with E-state index in [0.29, 0.717) is 58.2 Å². The Morgan fingerprint density at radius 1 is 1.08 bits per heavy atom. The normalized spacial score (nSPS) is 22.8. The Kier molecular flexibility index (Phi) is 10.5. The molecule has 3 aliphatic rings. The van der Waals surface area contributed by atoms with E-state index in [9.17, 15) is 23.4 Å². The van der Waals surface area contributed by atoms with Gasteiger partial charge in [0.15, 0.2) is 0 Å². The number of hydrogen-bond acceptors (Lipinski definition) is 7. The molecule has 4 heterocycles. The van der Waals surface area contributed by atoms with Crippen LogP contribution in [0.2, 0.25) is 10.0 Å². The summed E-state index contributed by atoms with van der Waals surface area (Å²) in [6.45, 7) is 3.39. The molecule has 1 atom stereocenters. The summed E-state index contributed by atoms with van der Waals surface area (Å²) in [5.74, 6) is 7.33. The van der Waals surface area contributed by atoms with Gasteiger partial charge in [-0.1, -0.05) is 41.1 Å². The summed E-state index contributed by atoms with van der Waals surface area (Å²) in [6, 6.07) is 12.6. The van der Waals surface area contributed by atoms with Crippen LogP contribution in [-0.4, -0.2) is 89.8 Å². The number of piperidine rings is 2. The Bertz CT molecular complexity index is 1820. The molecule has 1 aromatic heterocycles. The number of quaternary nitrogens is 1. The maximum absolute atomic E-state index is 12.6. The topological polar surface area (TPSA) is 128 Å². The number of aliphatic hydroxyl groups is 1. The molecule has 6 rings (SSSR count). The average molecular weight is 715 g/mol. The first kappa shape index (κ1) is 34.9. The fourth-order valence-corrected chi connectivity index (χ4v) is 8.62. The van der Waals surface area contributed by atoms with E-state index in [-0.39, 0.29) is 30.7 Å². The minimum atomic E-state index is -3.47. The van der Waals surface area contributed by atoms with E-state index < -0.39 is 22.2 Å². The van der Waals surface area contributed by atoms with E-state index in [1.807, 2.05) is 24.3 Å². The summed E-state index contributed by atoms with van der Waals surface area (Å²) >= 11 is 12.5. The van der Waals surface area contributed by atoms with Crippen LogP contribution in [0.3, 0.4) is 0 Å². The lowest BCUT2D eigenvalue weighted by Crippen LogP contribution is -2.65. The number of nitrogens with zero attached hydrogens (tertiary/aromatic N) is 4. The minimum absolute atomic E-state index is 0.0199. The van der Waals surface area contributed by atoms with Crippen molar-refractivity contribution in [2.45, 2.75) is 51.3 Å². The van der Waals surface area contributed by atoms with Crippen LogP contribution in [0.1, 0.15) is 48.1 Å². The number of aliphatic hydroxyl groups excluding tert-OH is 1. The van der Waals surface area contributed by atoms with Gasteiger partial charge in [0.1, 0.15) is 12.6 Å². The van der Waals surface area contributed by atoms with Gasteiger partial charge in [-0.25, -0.2) is 8.42 Å². The zero-order chi connectivity index (χ0) is 34.1. The third-order valence-corrected chi connectivity index (χ3v) is 12.1. The Hall–Kier alpha value is -2.95. The van der Waals surface area contributed by atoms with Crippen molar-refractivity contribution in [1.29, 1.82) is 0 Å². The number of carboxylic acid groups (broad SMARTS) is 1. The Morgan fingerprint density at radius 3 is 2.44 bits per heavy atom. The van der Waals surface area contributed by atoms with Gasteiger partial charge < -0.3 is 20.3 Å². The van der Waals surface area contributed by atoms with Gasteiger partial charge in [0.25, 0.3) is 6.09 Å². The van der Waals surface area contributed by atoms with E-state index in [0.717, 1.165) is 55.6 Å². The highest BCUT2D eigenvalue weighted by Crippen LogP contribution is 2.35. The highest BCUT2D eigenvalue weighted by Gasteiger charge is 2.40. The number of nitrogens with one attached hydrogen (secondary N) is 1. The van der Waals surface area contributed by atoms with E-state index >= 15 is 0 Å². The van der Waals surface area contributed by atoms with Gasteiger partial charge in [-0.05, 0) is 74.2 Å². The van der Waals surface area contributed by atoms with Crippen molar-refractivity contribution in [3.8, 4) is 23.1 Å². The van der Waals surface area contributed by atoms with Gasteiger partial charge in [0, 0.05) is 65.3 Å². The first-order valence-electron chi connectivity index (χ1n) is 16.5. The number of rotatable bonds is 7. The van der Waals surface area contributed by atoms with E-state index in [1.54, 1.807) is 22.9 Å². The molecule has 3 aliphatic heterocycles. The zero-order valence-electron chi connectivity index (χ0n) is 27.0. The van der Waals surface area contributed by atoms with E-state index in [2.05, 4.69) is 17.2 Å². The molecule has 2 N–H and O–H groups in total. The lowest BCUT2D eigenvalue weighted by Gasteiger charge is -2.45. The van der Waals surface area contributed by atoms with Crippen LogP contribution >= 0.6 is 23.2 Å². The van der Waals surface area contributed by atoms with Crippen molar-refractivity contribution < 1.29 is 27.9 Å². The standard InChI is InChI=1S/C35H41Cl2N5O5S/c1-48(46,47)40-17-12-33-31(22-40)34(28-6-9-32(37)27(20-28)5-2-24-3-7-29(36)8-4-24)39-41(33)21-30(43)23-42(35(44)45)18-13-26(14-19-42)25-10-15-38-16-11-25/h3-4,6-9,20,25-26,30,38,43H,10-19,21-23H2,1H3/t26?,30-,42?/m1/s1. The second-order valence-electron chi connectivity index (χ2n) is 13.4. The monoisotopic (exact) mass is 713 g/mol. The molecule has 13 heteroatoms. The zero-order valence-corrected chi connectivity index (χ0v) is 29.3. The molecule has 1 amide bonds. The van der Waals surface area contributed by atoms with E-state index in [1.165, 1.54) is 10.6 Å². The number of hydrogen-bond donors (Lipinski definition) is 2. The molecule has 0 saturated carbocycles.